The second-order valence-electron chi connectivity index (χ2n) is 32.0. The summed E-state index contributed by atoms with van der Waals surface area (Å²) < 4.78 is 59.3. The molecule has 17 aliphatic heterocycles. The van der Waals surface area contributed by atoms with E-state index in [1.165, 1.54) is 4.90 Å². The third-order valence-electron chi connectivity index (χ3n) is 26.4. The number of carboxylic acids is 1. The van der Waals surface area contributed by atoms with Crippen LogP contribution in [0.1, 0.15) is 186 Å². The minimum Gasteiger partial charge on any atom is -0.480 e. The largest absolute Gasteiger partial charge is 0.480 e. The number of esters is 1. The van der Waals surface area contributed by atoms with Crippen LogP contribution in [0.4, 0.5) is 0 Å². The van der Waals surface area contributed by atoms with E-state index in [2.05, 4.69) is 125 Å². The van der Waals surface area contributed by atoms with Crippen LogP contribution in [-0.4, -0.2) is 156 Å². The summed E-state index contributed by atoms with van der Waals surface area (Å²) in [5.74, 6) is -1.20. The number of carboxylic acid groups (broad SMARTS) is 1. The molecule has 21 fully saturated rings. The number of aliphatic carboxylic acids is 1. The number of aliphatic imine (C=N–C) groups is 2. The van der Waals surface area contributed by atoms with E-state index in [4.69, 9.17) is 91.6 Å². The Morgan fingerprint density at radius 3 is 1.37 bits per heavy atom. The number of fused-ring (bicyclic) bond motifs is 8. The smallest absolute Gasteiger partial charge is 0.325 e. The zero-order valence-corrected chi connectivity index (χ0v) is 65.7. The van der Waals surface area contributed by atoms with Crippen LogP contribution < -0.4 is 5.32 Å². The molecule has 14 unspecified atom stereocenters. The van der Waals surface area contributed by atoms with E-state index in [9.17, 15) is 24.0 Å². The van der Waals surface area contributed by atoms with Gasteiger partial charge in [0.1, 0.15) is 6.48 Å². The van der Waals surface area contributed by atoms with Crippen LogP contribution in [0.25, 0.3) is 0 Å². The lowest BCUT2D eigenvalue weighted by atomic mass is 9.57. The molecule has 562 valence electrons. The number of carbonyl (C=O) groups excluding carboxylic acids is 4. The van der Waals surface area contributed by atoms with Crippen molar-refractivity contribution in [2.75, 3.05) is 26.6 Å². The Kier molecular flexibility index (Phi) is 21.9. The first-order chi connectivity index (χ1) is 47.4. The van der Waals surface area contributed by atoms with Crippen molar-refractivity contribution < 1.29 is 116 Å². The second-order valence-corrected chi connectivity index (χ2v) is 42.9. The van der Waals surface area contributed by atoms with Crippen molar-refractivity contribution >= 4 is 110 Å². The molecule has 8 bridgehead atoms. The summed E-state index contributed by atoms with van der Waals surface area (Å²) in [5, 5.41) is 12.1. The highest BCUT2D eigenvalue weighted by molar-refractivity contribution is 14.3. The number of nitrogens with zero attached hydrogens (tertiary/aromatic N) is 3. The maximum Gasteiger partial charge on any atom is 0.325 e. The van der Waals surface area contributed by atoms with Gasteiger partial charge in [-0.15, -0.1) is 0 Å². The summed E-state index contributed by atoms with van der Waals surface area (Å²) in [6.45, 7) is 25.1. The van der Waals surface area contributed by atoms with Crippen LogP contribution in [0.3, 0.4) is 0 Å². The highest BCUT2D eigenvalue weighted by atomic mass is 127. The third kappa shape index (κ3) is 13.0. The number of halogens is 3. The fourth-order valence-electron chi connectivity index (χ4n) is 21.3. The number of piperidine rings is 1. The summed E-state index contributed by atoms with van der Waals surface area (Å²) in [5.41, 5.74) is -2.53. The number of rotatable bonds is 8. The van der Waals surface area contributed by atoms with Crippen LogP contribution >= 0.6 is 67.8 Å². The fraction of sp³-hybridized carbons (Fsp3) is 0.899. The van der Waals surface area contributed by atoms with Gasteiger partial charge in [0.15, 0.2) is 60.2 Å². The maximum absolute atomic E-state index is 12.9. The minimum absolute atomic E-state index is 0.0229. The Balaban J connectivity index is 0.000000117. The monoisotopic (exact) mass is 1750 g/mol. The summed E-state index contributed by atoms with van der Waals surface area (Å²) in [4.78, 5) is 114. The molecule has 31 heteroatoms. The molecule has 29 atom stereocenters. The van der Waals surface area contributed by atoms with Gasteiger partial charge in [-0.05, 0) is 140 Å². The summed E-state index contributed by atoms with van der Waals surface area (Å²) in [7, 11) is 0. The minimum atomic E-state index is -1.12. The number of alkyl halides is 3. The van der Waals surface area contributed by atoms with E-state index in [1.807, 2.05) is 41.5 Å². The molecule has 4 aliphatic carbocycles. The van der Waals surface area contributed by atoms with Crippen LogP contribution in [0.15, 0.2) is 9.98 Å². The normalized spacial score (nSPS) is 51.3. The SMILES string of the molecule is C[C@@H]1CCC2[C@@H](C)C(=NCC(=O)O)O[C@@H]3O[C@@]4(C)CCC1C23OO4.C[C@@H]1CCC2[C@@H](C)C(=NCOC=O)O[C@@H]3O[C@@]4(C)CCC1C23OO4.C[C@@H]1CCC2[C@@H](C)C(=O)N(COC=O)C3O[C@@]4(C)CCC1C23OO4.C[C@@H]1CCC2[C@@H](C)C3(NCC(=O)O3)O[C@@H]3O[C@@]4(C)CCC1C23OO4.IC(I)I. The molecule has 1 amide bonds. The molecule has 21 rings (SSSR count). The number of carbonyl (C=O) groups is 5. The first-order valence-corrected chi connectivity index (χ1v) is 39.9. The van der Waals surface area contributed by atoms with Gasteiger partial charge in [-0.2, -0.15) is 0 Å². The van der Waals surface area contributed by atoms with E-state index in [0.717, 1.165) is 103 Å². The first-order valence-electron chi connectivity index (χ1n) is 36.2. The number of hydrogen-bond acceptors (Lipinski definition) is 26. The lowest BCUT2D eigenvalue weighted by molar-refractivity contribution is -0.585. The molecule has 28 nitrogen and oxygen atoms in total. The zero-order valence-electron chi connectivity index (χ0n) is 59.2. The molecule has 0 aromatic heterocycles. The van der Waals surface area contributed by atoms with E-state index in [-0.39, 0.29) is 91.7 Å². The van der Waals surface area contributed by atoms with Gasteiger partial charge >= 0.3 is 11.9 Å². The Morgan fingerprint density at radius 2 is 0.930 bits per heavy atom. The lowest BCUT2D eigenvalue weighted by Crippen LogP contribution is -2.75. The molecule has 17 saturated heterocycles. The predicted octanol–water partition coefficient (Wildman–Crippen LogP) is 10.8. The standard InChI is InChI=1S/4C17H25NO6.CHI3/c1-9-4-5-12-10(2)17(18-8-13(19)20-17)22-14-16(12)11(9)6-7-15(3,21-14)23-24-16;1-10-4-5-13-11(2)14(18-8-20-9-19)21-15-17(13)12(10)6-7-16(3,22-15)23-24-17;1-10-4-5-13-11(2)14(20)18(8-21-9-19)15-17(13)12(10)6-7-16(3,22-15)23-24-17;1-9-4-5-12-10(2)14(18-8-13(19)20)21-15-17(12)11(9)6-7-16(3,22-15)23-24-17;2-1(3)4/h9-12,14,18H,4-8H2,1-3H3;2*9-13,15H,4-8H2,1-3H3;9-12,15H,4-8H2,1-3H3,(H,19,20);1H/t9-,10-,11?,12?,14+,15-,16?,17?;10-,11-,12?,13?,15-,16-,17?;10-,11-,12?,13?,15?,16-,17?;9-,10-,11?,12?,15-,16-,17?;/m1111./s1. The molecule has 0 aromatic rings. The van der Waals surface area contributed by atoms with Crippen molar-refractivity contribution in [3.63, 3.8) is 0 Å². The summed E-state index contributed by atoms with van der Waals surface area (Å²) in [6.07, 6.45) is 12.9. The number of hydrogen-bond donors (Lipinski definition) is 2. The van der Waals surface area contributed by atoms with Gasteiger partial charge < -0.3 is 47.7 Å². The van der Waals surface area contributed by atoms with Gasteiger partial charge in [-0.3, -0.25) is 33.6 Å². The van der Waals surface area contributed by atoms with Gasteiger partial charge in [0.2, 0.25) is 41.6 Å². The Hall–Kier alpha value is -2.08. The van der Waals surface area contributed by atoms with Crippen molar-refractivity contribution in [3.05, 3.63) is 0 Å². The van der Waals surface area contributed by atoms with Crippen molar-refractivity contribution in [2.45, 2.75) is 262 Å². The first kappa shape index (κ1) is 76.1. The van der Waals surface area contributed by atoms with Gasteiger partial charge in [0, 0.05) is 84.9 Å². The summed E-state index contributed by atoms with van der Waals surface area (Å²) in [6, 6.07) is 0. The molecule has 21 aliphatic rings. The molecule has 17 heterocycles. The highest BCUT2D eigenvalue weighted by Crippen LogP contribution is 2.66. The average molecular weight is 1750 g/mol. The van der Waals surface area contributed by atoms with Gasteiger partial charge in [0.05, 0.1) is 6.54 Å². The van der Waals surface area contributed by atoms with Gasteiger partial charge in [-0.1, -0.05) is 123 Å². The topological polar surface area (TPSA) is 312 Å². The third-order valence-corrected chi connectivity index (χ3v) is 26.4. The van der Waals surface area contributed by atoms with Gasteiger partial charge in [0.25, 0.3) is 18.9 Å². The van der Waals surface area contributed by atoms with Crippen molar-refractivity contribution in [3.8, 4) is 0 Å². The van der Waals surface area contributed by atoms with E-state index in [1.54, 1.807) is 0 Å². The van der Waals surface area contributed by atoms with Crippen molar-refractivity contribution in [1.29, 1.82) is 0 Å². The Labute approximate surface area is 625 Å². The molecule has 2 N–H and O–H groups in total. The van der Waals surface area contributed by atoms with Crippen LogP contribution in [0, 0.1) is 94.7 Å². The number of amides is 1. The van der Waals surface area contributed by atoms with Crippen LogP contribution in [0.2, 0.25) is 0 Å². The molecular formula is C69H101I3N4O24. The molecular weight excluding hydrogens is 1650 g/mol. The predicted molar refractivity (Wildman–Crippen MR) is 372 cm³/mol. The van der Waals surface area contributed by atoms with Crippen LogP contribution in [-0.2, 0) is 110 Å². The lowest BCUT2D eigenvalue weighted by Gasteiger charge is -2.61. The number of nitrogens with one attached hydrogen (secondary N) is 1. The molecule has 5 spiro atoms. The fourth-order valence-corrected chi connectivity index (χ4v) is 21.3. The zero-order chi connectivity index (χ0) is 71.5. The van der Waals surface area contributed by atoms with E-state index < -0.39 is 82.5 Å². The van der Waals surface area contributed by atoms with Gasteiger partial charge in [-0.25, -0.2) is 54.4 Å². The average Bonchev–Trinajstić information content (AvgIpc) is 1.38. The van der Waals surface area contributed by atoms with Crippen LogP contribution in [0.5, 0.6) is 0 Å². The van der Waals surface area contributed by atoms with E-state index >= 15 is 0 Å². The molecule has 0 radical (unpaired) electrons. The Bertz CT molecular complexity index is 3130. The molecule has 100 heavy (non-hydrogen) atoms. The van der Waals surface area contributed by atoms with Crippen molar-refractivity contribution in [2.24, 2.45) is 105 Å². The van der Waals surface area contributed by atoms with Crippen molar-refractivity contribution in [1.82, 2.24) is 10.2 Å². The number of likely N-dealkylation sites (tertiary alicyclic amines) is 1. The summed E-state index contributed by atoms with van der Waals surface area (Å²) >= 11 is 6.95. The highest BCUT2D eigenvalue weighted by Gasteiger charge is 2.76. The second kappa shape index (κ2) is 28.8. The van der Waals surface area contributed by atoms with E-state index in [0.29, 0.717) is 66.2 Å². The molecule has 0 aromatic carbocycles. The quantitative estimate of drug-likeness (QED) is 0.0434. The Morgan fingerprint density at radius 1 is 0.530 bits per heavy atom. The molecule has 4 saturated carbocycles. The number of ether oxygens (including phenoxy) is 10. The maximum atomic E-state index is 12.9.